The van der Waals surface area contributed by atoms with Gasteiger partial charge in [0.25, 0.3) is 0 Å². The van der Waals surface area contributed by atoms with Crippen LogP contribution in [0.2, 0.25) is 0 Å². The minimum atomic E-state index is 0.171. The molecular formula is C26H30N4O2. The Balaban J connectivity index is 0.936. The number of unbranched alkanes of at least 4 members (excludes halogenated alkanes) is 1. The number of hydrogen-bond acceptors (Lipinski definition) is 4. The first-order chi connectivity index (χ1) is 15.8. The first-order valence-electron chi connectivity index (χ1n) is 11.9. The van der Waals surface area contributed by atoms with Crippen LogP contribution in [0.15, 0.2) is 48.7 Å². The SMILES string of the molecule is O=C1Nc2cc(OCCCCN3CCN(c4cccc5cc[nH]c45)CC3)ccc2C2CC12. The number of fused-ring (bicyclic) bond motifs is 4. The zero-order chi connectivity index (χ0) is 21.5. The molecule has 6 rings (SSSR count). The first-order valence-corrected chi connectivity index (χ1v) is 11.9. The summed E-state index contributed by atoms with van der Waals surface area (Å²) in [6.45, 7) is 6.17. The van der Waals surface area contributed by atoms with Crippen molar-refractivity contribution in [3.05, 3.63) is 54.2 Å². The summed E-state index contributed by atoms with van der Waals surface area (Å²) >= 11 is 0. The molecule has 3 aromatic rings. The number of carbonyl (C=O) groups excluding carboxylic acids is 1. The molecule has 2 unspecified atom stereocenters. The van der Waals surface area contributed by atoms with Gasteiger partial charge < -0.3 is 19.9 Å². The highest BCUT2D eigenvalue weighted by Gasteiger charge is 2.48. The molecule has 6 nitrogen and oxygen atoms in total. The molecule has 1 aliphatic carbocycles. The molecule has 2 aromatic carbocycles. The zero-order valence-electron chi connectivity index (χ0n) is 18.3. The number of aromatic amines is 1. The lowest BCUT2D eigenvalue weighted by molar-refractivity contribution is -0.117. The van der Waals surface area contributed by atoms with E-state index in [9.17, 15) is 4.79 Å². The number of rotatable bonds is 7. The second kappa shape index (κ2) is 8.17. The van der Waals surface area contributed by atoms with E-state index in [2.05, 4.69) is 56.5 Å². The number of H-pyrrole nitrogens is 1. The maximum Gasteiger partial charge on any atom is 0.228 e. The Bertz CT molecular complexity index is 1130. The van der Waals surface area contributed by atoms with Crippen LogP contribution in [0.1, 0.15) is 30.7 Å². The van der Waals surface area contributed by atoms with E-state index >= 15 is 0 Å². The van der Waals surface area contributed by atoms with Gasteiger partial charge in [-0.1, -0.05) is 18.2 Å². The number of nitrogens with one attached hydrogen (secondary N) is 2. The topological polar surface area (TPSA) is 60.6 Å². The minimum Gasteiger partial charge on any atom is -0.494 e. The third-order valence-corrected chi connectivity index (χ3v) is 7.22. The standard InChI is InChI=1S/C26H30N4O2/c31-26-22-17-21(22)20-7-6-19(16-23(20)28-26)32-15-2-1-10-29-11-13-30(14-12-29)24-5-3-4-18-8-9-27-25(18)24/h3-9,16,21-22,27H,1-2,10-15,17H2,(H,28,31). The Kier molecular flexibility index (Phi) is 5.02. The highest BCUT2D eigenvalue weighted by molar-refractivity contribution is 5.99. The Morgan fingerprint density at radius 2 is 1.91 bits per heavy atom. The van der Waals surface area contributed by atoms with Crippen molar-refractivity contribution in [3.63, 3.8) is 0 Å². The third kappa shape index (κ3) is 3.73. The molecule has 1 saturated heterocycles. The predicted octanol–water partition coefficient (Wildman–Crippen LogP) is 4.20. The maximum atomic E-state index is 11.9. The number of nitrogens with zero attached hydrogens (tertiary/aromatic N) is 2. The van der Waals surface area contributed by atoms with E-state index in [0.717, 1.165) is 63.4 Å². The molecule has 1 aromatic heterocycles. The highest BCUT2D eigenvalue weighted by Crippen LogP contribution is 2.53. The lowest BCUT2D eigenvalue weighted by atomic mass is 10.0. The van der Waals surface area contributed by atoms with E-state index in [4.69, 9.17) is 4.74 Å². The van der Waals surface area contributed by atoms with Gasteiger partial charge in [-0.15, -0.1) is 0 Å². The fraction of sp³-hybridized carbons (Fsp3) is 0.423. The molecule has 1 amide bonds. The van der Waals surface area contributed by atoms with Crippen LogP contribution < -0.4 is 15.0 Å². The van der Waals surface area contributed by atoms with Gasteiger partial charge in [0.05, 0.1) is 17.8 Å². The van der Waals surface area contributed by atoms with Crippen molar-refractivity contribution in [2.24, 2.45) is 5.92 Å². The molecule has 2 fully saturated rings. The van der Waals surface area contributed by atoms with Crippen molar-refractivity contribution in [2.45, 2.75) is 25.2 Å². The van der Waals surface area contributed by atoms with E-state index < -0.39 is 0 Å². The summed E-state index contributed by atoms with van der Waals surface area (Å²) in [7, 11) is 0. The molecule has 0 bridgehead atoms. The quantitative estimate of drug-likeness (QED) is 0.552. The molecular weight excluding hydrogens is 400 g/mol. The number of amides is 1. The van der Waals surface area contributed by atoms with Crippen molar-refractivity contribution >= 4 is 28.2 Å². The summed E-state index contributed by atoms with van der Waals surface area (Å²) in [5, 5.41) is 4.31. The summed E-state index contributed by atoms with van der Waals surface area (Å²) < 4.78 is 5.97. The lowest BCUT2D eigenvalue weighted by Crippen LogP contribution is -2.46. The van der Waals surface area contributed by atoms with Crippen LogP contribution in [-0.4, -0.2) is 55.1 Å². The summed E-state index contributed by atoms with van der Waals surface area (Å²) in [4.78, 5) is 20.4. The second-order valence-electron chi connectivity index (χ2n) is 9.29. The summed E-state index contributed by atoms with van der Waals surface area (Å²) in [6, 6.07) is 14.8. The van der Waals surface area contributed by atoms with Gasteiger partial charge >= 0.3 is 0 Å². The smallest absolute Gasteiger partial charge is 0.228 e. The molecule has 32 heavy (non-hydrogen) atoms. The van der Waals surface area contributed by atoms with Gasteiger partial charge in [0, 0.05) is 55.4 Å². The van der Waals surface area contributed by atoms with Crippen LogP contribution in [0.5, 0.6) is 5.75 Å². The molecule has 0 spiro atoms. The monoisotopic (exact) mass is 430 g/mol. The fourth-order valence-electron chi connectivity index (χ4n) is 5.28. The van der Waals surface area contributed by atoms with Gasteiger partial charge in [0.2, 0.25) is 5.91 Å². The number of hydrogen-bond donors (Lipinski definition) is 2. The molecule has 2 N–H and O–H groups in total. The molecule has 1 saturated carbocycles. The number of anilines is 2. The number of piperazine rings is 1. The summed E-state index contributed by atoms with van der Waals surface area (Å²) in [5.41, 5.74) is 4.78. The highest BCUT2D eigenvalue weighted by atomic mass is 16.5. The van der Waals surface area contributed by atoms with E-state index in [0.29, 0.717) is 12.5 Å². The van der Waals surface area contributed by atoms with E-state index in [1.165, 1.54) is 22.2 Å². The molecule has 3 heterocycles. The van der Waals surface area contributed by atoms with Crippen molar-refractivity contribution in [1.29, 1.82) is 0 Å². The van der Waals surface area contributed by atoms with Crippen LogP contribution in [0.3, 0.4) is 0 Å². The molecule has 166 valence electrons. The van der Waals surface area contributed by atoms with Crippen LogP contribution in [0.4, 0.5) is 11.4 Å². The van der Waals surface area contributed by atoms with Crippen molar-refractivity contribution < 1.29 is 9.53 Å². The average Bonchev–Trinajstić information content (AvgIpc) is 3.49. The number of benzene rings is 2. The zero-order valence-corrected chi connectivity index (χ0v) is 18.3. The number of ether oxygens (including phenoxy) is 1. The molecule has 0 radical (unpaired) electrons. The van der Waals surface area contributed by atoms with Gasteiger partial charge in [-0.25, -0.2) is 0 Å². The Hall–Kier alpha value is -2.99. The normalized spacial score (nSPS) is 22.4. The number of carbonyl (C=O) groups is 1. The summed E-state index contributed by atoms with van der Waals surface area (Å²) in [6.07, 6.45) is 5.19. The van der Waals surface area contributed by atoms with Gasteiger partial charge in [0.15, 0.2) is 0 Å². The van der Waals surface area contributed by atoms with E-state index in [1.54, 1.807) is 0 Å². The largest absolute Gasteiger partial charge is 0.494 e. The average molecular weight is 431 g/mol. The molecule has 2 aliphatic heterocycles. The first kappa shape index (κ1) is 19.7. The number of para-hydroxylation sites is 1. The van der Waals surface area contributed by atoms with Gasteiger partial charge in [-0.05, 0) is 55.5 Å². The van der Waals surface area contributed by atoms with Crippen LogP contribution in [0, 0.1) is 5.92 Å². The van der Waals surface area contributed by atoms with Gasteiger partial charge in [0.1, 0.15) is 5.75 Å². The molecule has 2 atom stereocenters. The number of aromatic nitrogens is 1. The van der Waals surface area contributed by atoms with Gasteiger partial charge in [-0.3, -0.25) is 9.69 Å². The van der Waals surface area contributed by atoms with Crippen molar-refractivity contribution in [1.82, 2.24) is 9.88 Å². The lowest BCUT2D eigenvalue weighted by Gasteiger charge is -2.36. The molecule has 6 heteroatoms. The van der Waals surface area contributed by atoms with Gasteiger partial charge in [-0.2, -0.15) is 0 Å². The summed E-state index contributed by atoms with van der Waals surface area (Å²) in [5.74, 6) is 1.67. The predicted molar refractivity (Wildman–Crippen MR) is 128 cm³/mol. The van der Waals surface area contributed by atoms with Crippen LogP contribution in [0.25, 0.3) is 10.9 Å². The van der Waals surface area contributed by atoms with E-state index in [1.807, 2.05) is 12.3 Å². The van der Waals surface area contributed by atoms with Crippen molar-refractivity contribution in [3.8, 4) is 5.75 Å². The third-order valence-electron chi connectivity index (χ3n) is 7.22. The van der Waals surface area contributed by atoms with E-state index in [-0.39, 0.29) is 11.8 Å². The Labute approximate surface area is 188 Å². The fourth-order valence-corrected chi connectivity index (χ4v) is 5.28. The Morgan fingerprint density at radius 1 is 1.00 bits per heavy atom. The molecule has 3 aliphatic rings. The maximum absolute atomic E-state index is 11.9. The van der Waals surface area contributed by atoms with Crippen molar-refractivity contribution in [2.75, 3.05) is 49.5 Å². The van der Waals surface area contributed by atoms with Crippen LogP contribution >= 0.6 is 0 Å². The van der Waals surface area contributed by atoms with Crippen LogP contribution in [-0.2, 0) is 4.79 Å². The minimum absolute atomic E-state index is 0.171. The second-order valence-corrected chi connectivity index (χ2v) is 9.29. The Morgan fingerprint density at radius 3 is 2.81 bits per heavy atom.